The molecule has 1 unspecified atom stereocenters. The molecule has 1 amide bonds. The molecule has 4 rings (SSSR count). The van der Waals surface area contributed by atoms with E-state index in [4.69, 9.17) is 0 Å². The van der Waals surface area contributed by atoms with E-state index in [0.717, 1.165) is 25.2 Å². The molecular weight excluding hydrogens is 356 g/mol. The van der Waals surface area contributed by atoms with Crippen LogP contribution < -0.4 is 10.2 Å². The first-order valence-electron chi connectivity index (χ1n) is 8.96. The Morgan fingerprint density at radius 2 is 2.07 bits per heavy atom. The summed E-state index contributed by atoms with van der Waals surface area (Å²) in [7, 11) is 0. The summed E-state index contributed by atoms with van der Waals surface area (Å²) < 4.78 is 1.57. The number of carbonyl (C=O) groups is 1. The minimum Gasteiger partial charge on any atom is -0.356 e. The lowest BCUT2D eigenvalue weighted by Gasteiger charge is -2.32. The van der Waals surface area contributed by atoms with Crippen LogP contribution >= 0.6 is 0 Å². The van der Waals surface area contributed by atoms with Crippen LogP contribution in [0.15, 0.2) is 49.3 Å². The number of nitriles is 1. The maximum Gasteiger partial charge on any atom is 0.229 e. The summed E-state index contributed by atoms with van der Waals surface area (Å²) in [4.78, 5) is 27.3. The van der Waals surface area contributed by atoms with Crippen molar-refractivity contribution in [1.82, 2.24) is 24.7 Å². The predicted octanol–water partition coefficient (Wildman–Crippen LogP) is 1.78. The van der Waals surface area contributed by atoms with Crippen LogP contribution in [-0.4, -0.2) is 43.7 Å². The number of amides is 1. The number of anilines is 2. The first kappa shape index (κ1) is 17.6. The van der Waals surface area contributed by atoms with Crippen LogP contribution in [0, 0.1) is 17.2 Å². The van der Waals surface area contributed by atoms with Gasteiger partial charge in [-0.25, -0.2) is 19.6 Å². The van der Waals surface area contributed by atoms with Gasteiger partial charge in [-0.3, -0.25) is 4.79 Å². The van der Waals surface area contributed by atoms with Crippen LogP contribution in [0.4, 0.5) is 11.5 Å². The molecule has 0 spiro atoms. The van der Waals surface area contributed by atoms with Gasteiger partial charge in [-0.15, -0.1) is 0 Å². The largest absolute Gasteiger partial charge is 0.356 e. The average Bonchev–Trinajstić information content (AvgIpc) is 3.29. The van der Waals surface area contributed by atoms with Gasteiger partial charge in [0.05, 0.1) is 17.2 Å². The van der Waals surface area contributed by atoms with Gasteiger partial charge < -0.3 is 10.2 Å². The van der Waals surface area contributed by atoms with E-state index in [9.17, 15) is 10.1 Å². The van der Waals surface area contributed by atoms with E-state index in [2.05, 4.69) is 36.3 Å². The highest BCUT2D eigenvalue weighted by Crippen LogP contribution is 2.24. The number of hydrogen-bond acceptors (Lipinski definition) is 7. The van der Waals surface area contributed by atoms with Crippen molar-refractivity contribution in [2.45, 2.75) is 12.8 Å². The smallest absolute Gasteiger partial charge is 0.229 e. The maximum atomic E-state index is 12.8. The Labute approximate surface area is 161 Å². The summed E-state index contributed by atoms with van der Waals surface area (Å²) in [6, 6.07) is 10.9. The monoisotopic (exact) mass is 374 g/mol. The van der Waals surface area contributed by atoms with Gasteiger partial charge in [0, 0.05) is 19.2 Å². The van der Waals surface area contributed by atoms with Crippen LogP contribution in [0.1, 0.15) is 18.4 Å². The van der Waals surface area contributed by atoms with Gasteiger partial charge in [0.1, 0.15) is 30.9 Å². The molecule has 3 aromatic rings. The molecule has 140 valence electrons. The van der Waals surface area contributed by atoms with Crippen LogP contribution in [0.25, 0.3) is 5.82 Å². The molecule has 2 aromatic heterocycles. The van der Waals surface area contributed by atoms with E-state index < -0.39 is 0 Å². The van der Waals surface area contributed by atoms with E-state index in [1.165, 1.54) is 12.7 Å². The summed E-state index contributed by atoms with van der Waals surface area (Å²) in [6.07, 6.45) is 6.17. The molecule has 9 heteroatoms. The molecule has 1 saturated heterocycles. The second kappa shape index (κ2) is 7.84. The molecule has 1 N–H and O–H groups in total. The summed E-state index contributed by atoms with van der Waals surface area (Å²) in [5, 5.41) is 16.2. The molecule has 1 aliphatic rings. The van der Waals surface area contributed by atoms with E-state index in [1.54, 1.807) is 35.3 Å². The molecular formula is C19H18N8O. The van der Waals surface area contributed by atoms with Gasteiger partial charge in [-0.05, 0) is 25.0 Å². The summed E-state index contributed by atoms with van der Waals surface area (Å²) >= 11 is 0. The van der Waals surface area contributed by atoms with E-state index in [-0.39, 0.29) is 11.8 Å². The van der Waals surface area contributed by atoms with Crippen LogP contribution in [0.2, 0.25) is 0 Å². The van der Waals surface area contributed by atoms with Crippen LogP contribution in [0.3, 0.4) is 0 Å². The lowest BCUT2D eigenvalue weighted by atomic mass is 9.97. The molecule has 0 aliphatic carbocycles. The Kier molecular flexibility index (Phi) is 4.93. The molecule has 3 heterocycles. The predicted molar refractivity (Wildman–Crippen MR) is 102 cm³/mol. The van der Waals surface area contributed by atoms with E-state index >= 15 is 0 Å². The van der Waals surface area contributed by atoms with Crippen molar-refractivity contribution >= 4 is 17.4 Å². The number of carbonyl (C=O) groups excluding carboxylic acids is 1. The number of aromatic nitrogens is 5. The normalized spacial score (nSPS) is 16.4. The fraction of sp³-hybridized carbons (Fsp3) is 0.263. The second-order valence-electron chi connectivity index (χ2n) is 6.51. The molecule has 1 aliphatic heterocycles. The van der Waals surface area contributed by atoms with Crippen LogP contribution in [0.5, 0.6) is 0 Å². The minimum atomic E-state index is -0.190. The van der Waals surface area contributed by atoms with Gasteiger partial charge in [0.25, 0.3) is 0 Å². The van der Waals surface area contributed by atoms with Crippen molar-refractivity contribution in [3.63, 3.8) is 0 Å². The fourth-order valence-corrected chi connectivity index (χ4v) is 3.29. The summed E-state index contributed by atoms with van der Waals surface area (Å²) in [5.41, 5.74) is 0.999. The van der Waals surface area contributed by atoms with Gasteiger partial charge in [-0.1, -0.05) is 12.1 Å². The van der Waals surface area contributed by atoms with Crippen molar-refractivity contribution in [2.24, 2.45) is 5.92 Å². The Hall–Kier alpha value is -3.80. The lowest BCUT2D eigenvalue weighted by Crippen LogP contribution is -2.41. The standard InChI is InChI=1S/C19H18N8O/c20-9-14-4-1-2-6-16(14)25-19(28)15-5-3-7-26(10-15)17-8-18(23-12-22-17)27-13-21-11-24-27/h1-2,4,6,8,11-13,15H,3,5,7,10H2,(H,25,28). The highest BCUT2D eigenvalue weighted by atomic mass is 16.1. The Balaban J connectivity index is 1.48. The SMILES string of the molecule is N#Cc1ccccc1NC(=O)C1CCCN(c2cc(-n3cncn3)ncn2)C1. The number of piperidine rings is 1. The van der Waals surface area contributed by atoms with E-state index in [0.29, 0.717) is 23.6 Å². The topological polar surface area (TPSA) is 113 Å². The fourth-order valence-electron chi connectivity index (χ4n) is 3.29. The van der Waals surface area contributed by atoms with Crippen molar-refractivity contribution in [2.75, 3.05) is 23.3 Å². The highest BCUT2D eigenvalue weighted by molar-refractivity contribution is 5.94. The summed E-state index contributed by atoms with van der Waals surface area (Å²) in [6.45, 7) is 1.36. The first-order chi connectivity index (χ1) is 13.7. The Morgan fingerprint density at radius 1 is 1.21 bits per heavy atom. The summed E-state index contributed by atoms with van der Waals surface area (Å²) in [5.74, 6) is 1.09. The third-order valence-corrected chi connectivity index (χ3v) is 4.71. The zero-order valence-electron chi connectivity index (χ0n) is 15.1. The van der Waals surface area contributed by atoms with Gasteiger partial charge in [-0.2, -0.15) is 10.4 Å². The number of nitrogens with zero attached hydrogens (tertiary/aromatic N) is 7. The third-order valence-electron chi connectivity index (χ3n) is 4.71. The molecule has 28 heavy (non-hydrogen) atoms. The zero-order valence-corrected chi connectivity index (χ0v) is 15.1. The molecule has 1 aromatic carbocycles. The van der Waals surface area contributed by atoms with Crippen molar-refractivity contribution in [1.29, 1.82) is 5.26 Å². The zero-order chi connectivity index (χ0) is 19.3. The number of nitrogens with one attached hydrogen (secondary N) is 1. The molecule has 9 nitrogen and oxygen atoms in total. The van der Waals surface area contributed by atoms with Crippen molar-refractivity contribution in [3.8, 4) is 11.9 Å². The number of benzene rings is 1. The highest BCUT2D eigenvalue weighted by Gasteiger charge is 2.27. The quantitative estimate of drug-likeness (QED) is 0.740. The molecule has 1 fully saturated rings. The van der Waals surface area contributed by atoms with Crippen molar-refractivity contribution in [3.05, 3.63) is 54.9 Å². The molecule has 0 bridgehead atoms. The lowest BCUT2D eigenvalue weighted by molar-refractivity contribution is -0.120. The molecule has 0 radical (unpaired) electrons. The number of hydrogen-bond donors (Lipinski definition) is 1. The third kappa shape index (κ3) is 3.66. The molecule has 0 saturated carbocycles. The van der Waals surface area contributed by atoms with Gasteiger partial charge in [0.2, 0.25) is 5.91 Å². The van der Waals surface area contributed by atoms with Crippen LogP contribution in [-0.2, 0) is 4.79 Å². The maximum absolute atomic E-state index is 12.8. The number of rotatable bonds is 4. The number of para-hydroxylation sites is 1. The second-order valence-corrected chi connectivity index (χ2v) is 6.51. The first-order valence-corrected chi connectivity index (χ1v) is 8.96. The van der Waals surface area contributed by atoms with Gasteiger partial charge in [0.15, 0.2) is 5.82 Å². The Morgan fingerprint density at radius 3 is 2.89 bits per heavy atom. The molecule has 1 atom stereocenters. The Bertz CT molecular complexity index is 1010. The average molecular weight is 374 g/mol. The van der Waals surface area contributed by atoms with Crippen molar-refractivity contribution < 1.29 is 4.79 Å². The minimum absolute atomic E-state index is 0.0852. The van der Waals surface area contributed by atoms with E-state index in [1.807, 2.05) is 6.07 Å². The van der Waals surface area contributed by atoms with Gasteiger partial charge >= 0.3 is 0 Å².